The average molecular weight is 333 g/mol. The fourth-order valence-electron chi connectivity index (χ4n) is 2.76. The highest BCUT2D eigenvalue weighted by Gasteiger charge is 2.31. The van der Waals surface area contributed by atoms with Crippen LogP contribution in [0, 0.1) is 5.92 Å². The summed E-state index contributed by atoms with van der Waals surface area (Å²) in [7, 11) is -4.60. The van der Waals surface area contributed by atoms with E-state index in [2.05, 4.69) is 0 Å². The first-order valence-corrected chi connectivity index (χ1v) is 8.95. The van der Waals surface area contributed by atoms with Crippen LogP contribution in [0.2, 0.25) is 0 Å². The summed E-state index contributed by atoms with van der Waals surface area (Å²) in [5.74, 6) is -3.12. The van der Waals surface area contributed by atoms with Crippen LogP contribution in [-0.2, 0) is 14.6 Å². The molecule has 0 N–H and O–H groups in total. The number of rotatable bonds is 6. The molecule has 0 radical (unpaired) electrons. The third-order valence-electron chi connectivity index (χ3n) is 3.82. The molecule has 0 aliphatic carbocycles. The van der Waals surface area contributed by atoms with Crippen molar-refractivity contribution in [2.45, 2.75) is 30.4 Å². The van der Waals surface area contributed by atoms with Crippen molar-refractivity contribution >= 4 is 15.5 Å². The van der Waals surface area contributed by atoms with Crippen molar-refractivity contribution in [3.8, 4) is 0 Å². The molecule has 1 atom stereocenters. The number of alkyl halides is 2. The molecule has 22 heavy (non-hydrogen) atoms. The predicted molar refractivity (Wildman–Crippen MR) is 81.1 cm³/mol. The van der Waals surface area contributed by atoms with Gasteiger partial charge in [0.2, 0.25) is 9.84 Å². The lowest BCUT2D eigenvalue weighted by Gasteiger charge is -2.35. The zero-order valence-corrected chi connectivity index (χ0v) is 13.4. The Kier molecular flexibility index (Phi) is 5.74. The minimum atomic E-state index is -4.60. The summed E-state index contributed by atoms with van der Waals surface area (Å²) in [6.07, 6.45) is 1.89. The van der Waals surface area contributed by atoms with E-state index in [1.807, 2.05) is 11.8 Å². The quantitative estimate of drug-likeness (QED) is 0.803. The Morgan fingerprint density at radius 1 is 1.36 bits per heavy atom. The van der Waals surface area contributed by atoms with Crippen molar-refractivity contribution in [2.24, 2.45) is 5.92 Å². The number of piperidine rings is 1. The van der Waals surface area contributed by atoms with Crippen LogP contribution in [0.5, 0.6) is 0 Å². The third kappa shape index (κ3) is 3.76. The molecule has 1 unspecified atom stereocenters. The molecule has 2 rings (SSSR count). The number of benzene rings is 1. The van der Waals surface area contributed by atoms with Gasteiger partial charge in [0.25, 0.3) is 0 Å². The molecule has 0 amide bonds. The number of anilines is 1. The van der Waals surface area contributed by atoms with Gasteiger partial charge in [-0.15, -0.1) is 0 Å². The molecule has 1 aliphatic rings. The van der Waals surface area contributed by atoms with Crippen molar-refractivity contribution in [1.29, 1.82) is 0 Å². The van der Waals surface area contributed by atoms with E-state index in [0.29, 0.717) is 32.0 Å². The van der Waals surface area contributed by atoms with Gasteiger partial charge in [-0.3, -0.25) is 0 Å². The maximum absolute atomic E-state index is 12.9. The molecule has 7 heteroatoms. The molecule has 0 spiro atoms. The first-order chi connectivity index (χ1) is 10.5. The molecule has 124 valence electrons. The van der Waals surface area contributed by atoms with Crippen molar-refractivity contribution in [3.05, 3.63) is 24.3 Å². The zero-order valence-electron chi connectivity index (χ0n) is 12.5. The zero-order chi connectivity index (χ0) is 16.2. The van der Waals surface area contributed by atoms with E-state index in [0.717, 1.165) is 12.8 Å². The molecule has 0 aromatic heterocycles. The van der Waals surface area contributed by atoms with E-state index in [-0.39, 0.29) is 10.8 Å². The number of hydrogen-bond acceptors (Lipinski definition) is 4. The summed E-state index contributed by atoms with van der Waals surface area (Å²) < 4.78 is 54.8. The van der Waals surface area contributed by atoms with Crippen molar-refractivity contribution in [1.82, 2.24) is 0 Å². The molecular formula is C15H21F2NO3S. The van der Waals surface area contributed by atoms with Gasteiger partial charge in [-0.1, -0.05) is 12.1 Å². The van der Waals surface area contributed by atoms with Gasteiger partial charge in [-0.25, -0.2) is 8.42 Å². The van der Waals surface area contributed by atoms with Gasteiger partial charge < -0.3 is 9.64 Å². The second kappa shape index (κ2) is 7.37. The summed E-state index contributed by atoms with van der Waals surface area (Å²) >= 11 is 0. The van der Waals surface area contributed by atoms with Crippen LogP contribution in [0.1, 0.15) is 19.8 Å². The van der Waals surface area contributed by atoms with E-state index in [4.69, 9.17) is 4.74 Å². The van der Waals surface area contributed by atoms with Crippen LogP contribution in [0.15, 0.2) is 29.2 Å². The Hall–Kier alpha value is -1.21. The molecule has 1 aromatic carbocycles. The summed E-state index contributed by atoms with van der Waals surface area (Å²) in [5, 5.41) is 0. The lowest BCUT2D eigenvalue weighted by molar-refractivity contribution is 0.104. The Labute approximate surface area is 130 Å². The smallest absolute Gasteiger partial charge is 0.341 e. The topological polar surface area (TPSA) is 46.6 Å². The van der Waals surface area contributed by atoms with Gasteiger partial charge in [0.15, 0.2) is 0 Å². The molecule has 0 bridgehead atoms. The number of para-hydroxylation sites is 1. The number of halogens is 2. The molecule has 4 nitrogen and oxygen atoms in total. The molecule has 1 saturated heterocycles. The van der Waals surface area contributed by atoms with Crippen LogP contribution >= 0.6 is 0 Å². The van der Waals surface area contributed by atoms with Gasteiger partial charge in [0.05, 0.1) is 17.2 Å². The van der Waals surface area contributed by atoms with Crippen LogP contribution < -0.4 is 4.90 Å². The Balaban J connectivity index is 2.25. The second-order valence-electron chi connectivity index (χ2n) is 5.39. The van der Waals surface area contributed by atoms with Gasteiger partial charge in [0.1, 0.15) is 0 Å². The molecule has 0 saturated carbocycles. The summed E-state index contributed by atoms with van der Waals surface area (Å²) in [6, 6.07) is 5.99. The highest BCUT2D eigenvalue weighted by atomic mass is 32.2. The Morgan fingerprint density at radius 3 is 2.77 bits per heavy atom. The van der Waals surface area contributed by atoms with Crippen molar-refractivity contribution in [2.75, 3.05) is 31.2 Å². The molecule has 1 heterocycles. The SMILES string of the molecule is CCOCC1CCCN(c2ccccc2S(=O)(=O)C(F)F)C1. The maximum Gasteiger partial charge on any atom is 0.341 e. The van der Waals surface area contributed by atoms with Gasteiger partial charge in [0, 0.05) is 19.7 Å². The van der Waals surface area contributed by atoms with Crippen LogP contribution in [0.4, 0.5) is 14.5 Å². The van der Waals surface area contributed by atoms with Crippen LogP contribution in [0.25, 0.3) is 0 Å². The highest BCUT2D eigenvalue weighted by molar-refractivity contribution is 7.91. The van der Waals surface area contributed by atoms with E-state index in [9.17, 15) is 17.2 Å². The van der Waals surface area contributed by atoms with Gasteiger partial charge >= 0.3 is 5.76 Å². The van der Waals surface area contributed by atoms with Gasteiger partial charge in [-0.05, 0) is 37.8 Å². The van der Waals surface area contributed by atoms with E-state index in [1.165, 1.54) is 12.1 Å². The van der Waals surface area contributed by atoms with E-state index in [1.54, 1.807) is 12.1 Å². The number of ether oxygens (including phenoxy) is 1. The first-order valence-electron chi connectivity index (χ1n) is 7.40. The lowest BCUT2D eigenvalue weighted by Crippen LogP contribution is -2.38. The van der Waals surface area contributed by atoms with Crippen molar-refractivity contribution < 1.29 is 21.9 Å². The Bertz CT molecular complexity index is 592. The molecule has 1 aromatic rings. The standard InChI is InChI=1S/C15H21F2NO3S/c1-2-21-11-12-6-5-9-18(10-12)13-7-3-4-8-14(13)22(19,20)15(16)17/h3-4,7-8,12,15H,2,5-6,9-11H2,1H3. The normalized spacial score (nSPS) is 19.6. The van der Waals surface area contributed by atoms with Crippen LogP contribution in [0.3, 0.4) is 0 Å². The summed E-state index contributed by atoms with van der Waals surface area (Å²) in [6.45, 7) is 4.45. The molecular weight excluding hydrogens is 312 g/mol. The second-order valence-corrected chi connectivity index (χ2v) is 7.27. The first kappa shape index (κ1) is 17.1. The number of nitrogens with zero attached hydrogens (tertiary/aromatic N) is 1. The lowest BCUT2D eigenvalue weighted by atomic mass is 9.98. The van der Waals surface area contributed by atoms with Crippen molar-refractivity contribution in [3.63, 3.8) is 0 Å². The van der Waals surface area contributed by atoms with E-state index >= 15 is 0 Å². The fraction of sp³-hybridized carbons (Fsp3) is 0.600. The van der Waals surface area contributed by atoms with Crippen LogP contribution in [-0.4, -0.2) is 40.5 Å². The van der Waals surface area contributed by atoms with Gasteiger partial charge in [-0.2, -0.15) is 8.78 Å². The predicted octanol–water partition coefficient (Wildman–Crippen LogP) is 2.94. The Morgan fingerprint density at radius 2 is 2.09 bits per heavy atom. The highest BCUT2D eigenvalue weighted by Crippen LogP contribution is 2.32. The summed E-state index contributed by atoms with van der Waals surface area (Å²) in [5.41, 5.74) is 0.365. The monoisotopic (exact) mass is 333 g/mol. The fourth-order valence-corrected chi connectivity index (χ4v) is 3.71. The third-order valence-corrected chi connectivity index (χ3v) is 5.25. The average Bonchev–Trinajstić information content (AvgIpc) is 2.53. The van der Waals surface area contributed by atoms with E-state index < -0.39 is 15.6 Å². The minimum Gasteiger partial charge on any atom is -0.381 e. The number of hydrogen-bond donors (Lipinski definition) is 0. The molecule has 1 aliphatic heterocycles. The molecule has 1 fully saturated rings. The largest absolute Gasteiger partial charge is 0.381 e. The minimum absolute atomic E-state index is 0.288. The maximum atomic E-state index is 12.9. The number of sulfone groups is 1. The summed E-state index contributed by atoms with van der Waals surface area (Å²) in [4.78, 5) is 1.59.